The third-order valence-electron chi connectivity index (χ3n) is 12.9. The third kappa shape index (κ3) is 25.2. The summed E-state index contributed by atoms with van der Waals surface area (Å²) in [6, 6.07) is 12.6. The molecule has 0 aliphatic carbocycles. The molecule has 0 aliphatic heterocycles. The summed E-state index contributed by atoms with van der Waals surface area (Å²) >= 11 is 18.2. The highest BCUT2D eigenvalue weighted by Crippen LogP contribution is 2.41. The number of aliphatic hydroxyl groups is 1. The maximum absolute atomic E-state index is 12.9. The molecule has 2 heterocycles. The van der Waals surface area contributed by atoms with E-state index in [2.05, 4.69) is 35.8 Å². The van der Waals surface area contributed by atoms with Crippen molar-refractivity contribution in [2.24, 2.45) is 0 Å². The molecule has 32 nitrogen and oxygen atoms in total. The Morgan fingerprint density at radius 2 is 1.04 bits per heavy atom. The number of rotatable bonds is 35. The number of ether oxygens (including phenoxy) is 12. The first-order valence-electron chi connectivity index (χ1n) is 29.5. The quantitative estimate of drug-likeness (QED) is 0.00546. The molecular formula is C66H65Cl3N2O30. The molecule has 101 heavy (non-hydrogen) atoms. The lowest BCUT2D eigenvalue weighted by Gasteiger charge is -2.21. The van der Waals surface area contributed by atoms with Crippen LogP contribution in [0.25, 0.3) is 21.9 Å². The number of nitrogens with zero attached hydrogens (tertiary/aromatic N) is 2. The average Bonchev–Trinajstić information content (AvgIpc) is 0.807. The number of phenols is 1. The number of methoxy groups -OCH3 is 1. The van der Waals surface area contributed by atoms with Crippen molar-refractivity contribution < 1.29 is 124 Å². The molecule has 3 unspecified atom stereocenters. The Kier molecular flexibility index (Phi) is 33.6. The van der Waals surface area contributed by atoms with Gasteiger partial charge in [-0.2, -0.15) is 0 Å². The van der Waals surface area contributed by atoms with E-state index >= 15 is 0 Å². The molecule has 0 saturated carbocycles. The van der Waals surface area contributed by atoms with Crippen LogP contribution in [0.1, 0.15) is 94.2 Å². The largest absolute Gasteiger partial charge is 0.506 e. The van der Waals surface area contributed by atoms with Gasteiger partial charge >= 0.3 is 59.0 Å². The normalized spacial score (nSPS) is 11.4. The number of aliphatic hydroxyl groups excluding tert-OH is 1. The molecule has 2 N–H and O–H groups in total. The van der Waals surface area contributed by atoms with E-state index in [0.29, 0.717) is 10.9 Å². The van der Waals surface area contributed by atoms with E-state index in [1.54, 1.807) is 13.8 Å². The van der Waals surface area contributed by atoms with Crippen molar-refractivity contribution in [3.05, 3.63) is 196 Å². The Hall–Kier alpha value is -11.2. The van der Waals surface area contributed by atoms with Crippen LogP contribution in [0.5, 0.6) is 23.0 Å². The summed E-state index contributed by atoms with van der Waals surface area (Å²) in [5.41, 5.74) is -2.72. The highest BCUT2D eigenvalue weighted by molar-refractivity contribution is 6.33. The van der Waals surface area contributed by atoms with Gasteiger partial charge in [0.15, 0.2) is 6.10 Å². The van der Waals surface area contributed by atoms with Crippen LogP contribution in [0.15, 0.2) is 130 Å². The molecule has 3 atom stereocenters. The smallest absolute Gasteiger partial charge is 0.351 e. The summed E-state index contributed by atoms with van der Waals surface area (Å²) in [6.45, 7) is 15.7. The molecular weight excluding hydrogens is 1410 g/mol. The van der Waals surface area contributed by atoms with Crippen molar-refractivity contribution in [3.63, 3.8) is 0 Å². The highest BCUT2D eigenvalue weighted by Gasteiger charge is 2.33. The summed E-state index contributed by atoms with van der Waals surface area (Å²) < 4.78 is 71.3. The molecule has 0 radical (unpaired) electrons. The van der Waals surface area contributed by atoms with Crippen LogP contribution in [-0.2, 0) is 78.0 Å². The fourth-order valence-electron chi connectivity index (χ4n) is 8.24. The monoisotopic (exact) mass is 1470 g/mol. The summed E-state index contributed by atoms with van der Waals surface area (Å²) in [5, 5.41) is 42.4. The molecule has 0 amide bonds. The maximum atomic E-state index is 12.9. The molecule has 0 aliphatic rings. The van der Waals surface area contributed by atoms with Crippen LogP contribution < -0.4 is 25.5 Å². The Morgan fingerprint density at radius 3 is 1.50 bits per heavy atom. The SMILES string of the molecule is C=CC(=O)OCCOC(=O)CCCOc1cc([N+](=O)[O-])c(C(C)Cl)cc1CO.C=CC(=O)OCCOC(=O)c1cc2cc(Cl)c(O)cc2oc1=O.C=CC(=O)OCCOC(=O)c1cc2cc(Cl)c(OC(C)c3cc(OC)c(C(OCC)C(=O)OCCOC(=O)C=C)cc3[N+](=O)[O-])cc2oc1=O. The fourth-order valence-corrected chi connectivity index (χ4v) is 8.80. The topological polar surface area (TPSA) is 434 Å². The van der Waals surface area contributed by atoms with Crippen LogP contribution in [-0.4, -0.2) is 141 Å². The lowest BCUT2D eigenvalue weighted by molar-refractivity contribution is -0.386. The number of nitro benzene ring substituents is 2. The number of aromatic hydroxyl groups is 1. The molecule has 0 fully saturated rings. The first-order chi connectivity index (χ1) is 48.1. The molecule has 540 valence electrons. The van der Waals surface area contributed by atoms with Crippen molar-refractivity contribution in [2.75, 3.05) is 73.2 Å². The number of nitro groups is 2. The van der Waals surface area contributed by atoms with Gasteiger partial charge in [-0.3, -0.25) is 25.0 Å². The number of alkyl halides is 1. The van der Waals surface area contributed by atoms with Gasteiger partial charge in [-0.25, -0.2) is 43.2 Å². The number of fused-ring (bicyclic) bond motifs is 2. The van der Waals surface area contributed by atoms with Gasteiger partial charge in [0.2, 0.25) is 0 Å². The second-order valence-corrected chi connectivity index (χ2v) is 21.2. The Morgan fingerprint density at radius 1 is 0.574 bits per heavy atom. The zero-order valence-corrected chi connectivity index (χ0v) is 56.5. The van der Waals surface area contributed by atoms with Crippen LogP contribution in [0.2, 0.25) is 10.0 Å². The zero-order chi connectivity index (χ0) is 75.0. The lowest BCUT2D eigenvalue weighted by atomic mass is 10.00. The highest BCUT2D eigenvalue weighted by atomic mass is 35.5. The minimum atomic E-state index is -1.44. The van der Waals surface area contributed by atoms with Crippen molar-refractivity contribution >= 4 is 116 Å². The number of carbonyl (C=O) groups excluding carboxylic acids is 8. The van der Waals surface area contributed by atoms with E-state index in [-0.39, 0.29) is 163 Å². The lowest BCUT2D eigenvalue weighted by Crippen LogP contribution is -2.22. The first kappa shape index (κ1) is 82.2. The number of carbonyl (C=O) groups is 8. The van der Waals surface area contributed by atoms with E-state index in [9.17, 15) is 78.4 Å². The second kappa shape index (κ2) is 41.3. The number of hydrogen-bond acceptors (Lipinski definition) is 30. The van der Waals surface area contributed by atoms with Crippen LogP contribution in [0.3, 0.4) is 0 Å². The zero-order valence-electron chi connectivity index (χ0n) is 54.2. The van der Waals surface area contributed by atoms with E-state index in [4.69, 9.17) is 91.0 Å². The van der Waals surface area contributed by atoms with Gasteiger partial charge in [0.1, 0.15) is 104 Å². The first-order valence-corrected chi connectivity index (χ1v) is 30.7. The van der Waals surface area contributed by atoms with E-state index in [1.807, 2.05) is 0 Å². The van der Waals surface area contributed by atoms with Crippen LogP contribution in [0.4, 0.5) is 11.4 Å². The van der Waals surface area contributed by atoms with Gasteiger partial charge in [-0.05, 0) is 63.6 Å². The molecule has 6 rings (SSSR count). The number of esters is 8. The number of phenolic OH excluding ortho intramolecular Hbond substituents is 1. The fraction of sp³-hybridized carbons (Fsp3) is 0.303. The Balaban J connectivity index is 0.000000356. The van der Waals surface area contributed by atoms with Crippen LogP contribution >= 0.6 is 34.8 Å². The predicted octanol–water partition coefficient (Wildman–Crippen LogP) is 9.60. The van der Waals surface area contributed by atoms with Gasteiger partial charge in [0, 0.05) is 83.0 Å². The van der Waals surface area contributed by atoms with E-state index in [0.717, 1.165) is 30.4 Å². The summed E-state index contributed by atoms with van der Waals surface area (Å²) in [5.74, 6) is -6.15. The summed E-state index contributed by atoms with van der Waals surface area (Å²) in [6.07, 6.45) is 1.68. The minimum Gasteiger partial charge on any atom is -0.506 e. The average molecular weight is 1470 g/mol. The van der Waals surface area contributed by atoms with Crippen molar-refractivity contribution in [3.8, 4) is 23.0 Å². The summed E-state index contributed by atoms with van der Waals surface area (Å²) in [7, 11) is 1.28. The number of halogens is 3. The molecule has 4 aromatic carbocycles. The van der Waals surface area contributed by atoms with Gasteiger partial charge in [0.05, 0.1) is 57.2 Å². The second-order valence-electron chi connectivity index (χ2n) is 19.7. The molecule has 6 aromatic rings. The molecule has 0 spiro atoms. The molecule has 0 bridgehead atoms. The predicted molar refractivity (Wildman–Crippen MR) is 355 cm³/mol. The Labute approximate surface area is 587 Å². The number of hydrogen-bond donors (Lipinski definition) is 2. The Bertz CT molecular complexity index is 4200. The van der Waals surface area contributed by atoms with Gasteiger partial charge in [0.25, 0.3) is 11.4 Å². The van der Waals surface area contributed by atoms with Gasteiger partial charge < -0.3 is 75.9 Å². The van der Waals surface area contributed by atoms with Crippen molar-refractivity contribution in [2.45, 2.75) is 57.8 Å². The molecule has 0 saturated heterocycles. The summed E-state index contributed by atoms with van der Waals surface area (Å²) in [4.78, 5) is 139. The molecule has 2 aromatic heterocycles. The van der Waals surface area contributed by atoms with Crippen molar-refractivity contribution in [1.29, 1.82) is 0 Å². The van der Waals surface area contributed by atoms with Crippen LogP contribution in [0, 0.1) is 20.2 Å². The maximum Gasteiger partial charge on any atom is 0.351 e. The van der Waals surface area contributed by atoms with E-state index < -0.39 is 97.7 Å². The van der Waals surface area contributed by atoms with Crippen molar-refractivity contribution in [1.82, 2.24) is 0 Å². The van der Waals surface area contributed by atoms with Gasteiger partial charge in [-0.15, -0.1) is 11.6 Å². The standard InChI is InChI=1S/C33H32ClNO15.C18H22ClNO8.C15H11ClO7/c1-6-28(36)45-9-11-47-31(38)22-13-19-14-23(34)27(17-25(19)50-32(22)39)49-18(4)20-16-26(43-5)21(15-24(20)35(41)42)30(44-8-3)33(40)48-12-10-46-29(37)7-2;1-3-17(22)27-7-8-28-18(23)5-4-6-26-16-10-15(20(24)25)14(12(2)19)9-13(16)11-21;1-2-13(18)21-3-4-22-14(19)9-5-8-6-10(16)11(17)7-12(8)23-15(9)20/h6-7,13-18,30H,1-2,8-12H2,3-5H3;3,9-10,12,21H,1,4-8,11H2,2H3;2,5-7,17H,1,3-4H2. The van der Waals surface area contributed by atoms with Gasteiger partial charge in [-0.1, -0.05) is 49.5 Å². The molecule has 35 heteroatoms. The third-order valence-corrected chi connectivity index (χ3v) is 13.7. The number of benzene rings is 4. The van der Waals surface area contributed by atoms with E-state index in [1.165, 1.54) is 68.6 Å². The minimum absolute atomic E-state index is 0.00184.